The molecule has 0 spiro atoms. The molecule has 4 heteroatoms. The second-order valence-electron chi connectivity index (χ2n) is 3.59. The monoisotopic (exact) mass is 201 g/mol. The molecule has 0 aromatic carbocycles. The Morgan fingerprint density at radius 1 is 1.31 bits per heavy atom. The summed E-state index contributed by atoms with van der Waals surface area (Å²) in [5, 5.41) is 3.11. The first-order valence-corrected chi connectivity index (χ1v) is 4.93. The van der Waals surface area contributed by atoms with Crippen LogP contribution in [0.15, 0.2) is 4.99 Å². The van der Waals surface area contributed by atoms with Gasteiger partial charge in [-0.25, -0.2) is 0 Å². The Morgan fingerprint density at radius 3 is 2.08 bits per heavy atom. The van der Waals surface area contributed by atoms with Gasteiger partial charge in [-0.2, -0.15) is 0 Å². The van der Waals surface area contributed by atoms with Crippen molar-refractivity contribution in [3.05, 3.63) is 0 Å². The quantitative estimate of drug-likeness (QED) is 0.536. The van der Waals surface area contributed by atoms with E-state index in [1.54, 1.807) is 0 Å². The van der Waals surface area contributed by atoms with Crippen LogP contribution in [0.5, 0.6) is 0 Å². The first-order valence-electron chi connectivity index (χ1n) is 4.52. The molecule has 0 aromatic heterocycles. The van der Waals surface area contributed by atoms with Gasteiger partial charge in [-0.05, 0) is 24.1 Å². The standard InChI is InChI=1S/C9H19N3S/c1-6(2)8(7(3)4)11-5-12-9(10)13/h6-7H,5H2,1-4H3,(H3,10,12,13). The van der Waals surface area contributed by atoms with Crippen molar-refractivity contribution in [2.24, 2.45) is 22.6 Å². The summed E-state index contributed by atoms with van der Waals surface area (Å²) in [6.45, 7) is 9.04. The molecule has 0 heterocycles. The van der Waals surface area contributed by atoms with Crippen molar-refractivity contribution in [1.29, 1.82) is 0 Å². The topological polar surface area (TPSA) is 50.4 Å². The Morgan fingerprint density at radius 2 is 1.77 bits per heavy atom. The van der Waals surface area contributed by atoms with Gasteiger partial charge in [-0.3, -0.25) is 4.99 Å². The van der Waals surface area contributed by atoms with Crippen LogP contribution < -0.4 is 11.1 Å². The second-order valence-corrected chi connectivity index (χ2v) is 4.03. The molecule has 0 rings (SSSR count). The molecule has 3 nitrogen and oxygen atoms in total. The van der Waals surface area contributed by atoms with Crippen molar-refractivity contribution >= 4 is 23.0 Å². The van der Waals surface area contributed by atoms with Gasteiger partial charge in [0.25, 0.3) is 0 Å². The van der Waals surface area contributed by atoms with Gasteiger partial charge in [0.2, 0.25) is 0 Å². The van der Waals surface area contributed by atoms with E-state index in [2.05, 4.69) is 50.2 Å². The molecule has 0 atom stereocenters. The lowest BCUT2D eigenvalue weighted by molar-refractivity contribution is 0.746. The third kappa shape index (κ3) is 5.58. The van der Waals surface area contributed by atoms with E-state index in [-0.39, 0.29) is 0 Å². The zero-order valence-electron chi connectivity index (χ0n) is 8.79. The molecule has 76 valence electrons. The predicted molar refractivity (Wildman–Crippen MR) is 61.9 cm³/mol. The highest BCUT2D eigenvalue weighted by Crippen LogP contribution is 2.07. The number of rotatable bonds is 4. The smallest absolute Gasteiger partial charge is 0.165 e. The van der Waals surface area contributed by atoms with Gasteiger partial charge in [0, 0.05) is 5.71 Å². The molecular formula is C9H19N3S. The van der Waals surface area contributed by atoms with Gasteiger partial charge in [-0.15, -0.1) is 0 Å². The first-order chi connectivity index (χ1) is 5.95. The van der Waals surface area contributed by atoms with Crippen LogP contribution in [-0.2, 0) is 0 Å². The lowest BCUT2D eigenvalue weighted by Gasteiger charge is -2.14. The number of nitrogens with two attached hydrogens (primary N) is 1. The number of hydrogen-bond donors (Lipinski definition) is 2. The van der Waals surface area contributed by atoms with Crippen LogP contribution in [0, 0.1) is 11.8 Å². The van der Waals surface area contributed by atoms with E-state index in [1.807, 2.05) is 0 Å². The molecule has 0 radical (unpaired) electrons. The molecule has 0 saturated heterocycles. The lowest BCUT2D eigenvalue weighted by Crippen LogP contribution is -2.30. The van der Waals surface area contributed by atoms with Gasteiger partial charge in [0.15, 0.2) is 5.11 Å². The van der Waals surface area contributed by atoms with Crippen molar-refractivity contribution in [2.45, 2.75) is 27.7 Å². The van der Waals surface area contributed by atoms with Gasteiger partial charge >= 0.3 is 0 Å². The summed E-state index contributed by atoms with van der Waals surface area (Å²) in [6, 6.07) is 0. The molecule has 0 amide bonds. The molecule has 0 aliphatic carbocycles. The average Bonchev–Trinajstić information content (AvgIpc) is 1.95. The van der Waals surface area contributed by atoms with Crippen LogP contribution in [0.2, 0.25) is 0 Å². The number of hydrogen-bond acceptors (Lipinski definition) is 2. The van der Waals surface area contributed by atoms with Crippen LogP contribution in [0.4, 0.5) is 0 Å². The summed E-state index contributed by atoms with van der Waals surface area (Å²) in [6.07, 6.45) is 0. The maximum atomic E-state index is 5.28. The van der Waals surface area contributed by atoms with Crippen LogP contribution in [-0.4, -0.2) is 17.5 Å². The minimum Gasteiger partial charge on any atom is -0.376 e. The van der Waals surface area contributed by atoms with Crippen molar-refractivity contribution in [1.82, 2.24) is 5.32 Å². The molecule has 0 bridgehead atoms. The molecule has 13 heavy (non-hydrogen) atoms. The Kier molecular flexibility index (Phi) is 5.62. The van der Waals surface area contributed by atoms with E-state index in [1.165, 1.54) is 5.71 Å². The minimum atomic E-state index is 0.301. The highest BCUT2D eigenvalue weighted by Gasteiger charge is 2.08. The van der Waals surface area contributed by atoms with Crippen LogP contribution in [0.3, 0.4) is 0 Å². The van der Waals surface area contributed by atoms with Gasteiger partial charge in [0.1, 0.15) is 6.67 Å². The Labute approximate surface area is 85.8 Å². The zero-order valence-corrected chi connectivity index (χ0v) is 9.61. The third-order valence-corrected chi connectivity index (χ3v) is 1.84. The first kappa shape index (κ1) is 12.4. The maximum absolute atomic E-state index is 5.28. The van der Waals surface area contributed by atoms with Gasteiger partial charge in [0.05, 0.1) is 0 Å². The summed E-state index contributed by atoms with van der Waals surface area (Å²) in [5.74, 6) is 0.960. The highest BCUT2D eigenvalue weighted by atomic mass is 32.1. The van der Waals surface area contributed by atoms with Gasteiger partial charge < -0.3 is 11.1 Å². The fraction of sp³-hybridized carbons (Fsp3) is 0.778. The lowest BCUT2D eigenvalue weighted by atomic mass is 9.97. The van der Waals surface area contributed by atoms with Crippen LogP contribution in [0.25, 0.3) is 0 Å². The van der Waals surface area contributed by atoms with Crippen LogP contribution in [0.1, 0.15) is 27.7 Å². The molecule has 0 unspecified atom stereocenters. The summed E-state index contributed by atoms with van der Waals surface area (Å²) >= 11 is 4.68. The number of nitrogens with zero attached hydrogens (tertiary/aromatic N) is 1. The summed E-state index contributed by atoms with van der Waals surface area (Å²) in [7, 11) is 0. The molecule has 0 aromatic rings. The summed E-state index contributed by atoms with van der Waals surface area (Å²) in [4.78, 5) is 4.40. The van der Waals surface area contributed by atoms with E-state index >= 15 is 0 Å². The molecule has 0 fully saturated rings. The zero-order chi connectivity index (χ0) is 10.4. The predicted octanol–water partition coefficient (Wildman–Crippen LogP) is 1.53. The van der Waals surface area contributed by atoms with Crippen molar-refractivity contribution < 1.29 is 0 Å². The fourth-order valence-electron chi connectivity index (χ4n) is 1.24. The van der Waals surface area contributed by atoms with Crippen molar-refractivity contribution in [3.63, 3.8) is 0 Å². The van der Waals surface area contributed by atoms with E-state index in [9.17, 15) is 0 Å². The second kappa shape index (κ2) is 5.91. The van der Waals surface area contributed by atoms with E-state index in [0.29, 0.717) is 23.6 Å². The van der Waals surface area contributed by atoms with E-state index in [0.717, 1.165) is 0 Å². The summed E-state index contributed by atoms with van der Waals surface area (Å²) < 4.78 is 0. The molecule has 0 aliphatic rings. The molecule has 0 saturated carbocycles. The largest absolute Gasteiger partial charge is 0.376 e. The Bertz CT molecular complexity index is 187. The number of thiocarbonyl (C=S) groups is 1. The van der Waals surface area contributed by atoms with Gasteiger partial charge in [-0.1, -0.05) is 27.7 Å². The average molecular weight is 201 g/mol. The maximum Gasteiger partial charge on any atom is 0.165 e. The molecular weight excluding hydrogens is 182 g/mol. The van der Waals surface area contributed by atoms with Crippen molar-refractivity contribution in [2.75, 3.05) is 6.67 Å². The number of nitrogens with one attached hydrogen (secondary N) is 1. The number of aliphatic imine (C=N–C) groups is 1. The Hall–Kier alpha value is -0.640. The van der Waals surface area contributed by atoms with E-state index in [4.69, 9.17) is 5.73 Å². The summed E-state index contributed by atoms with van der Waals surface area (Å²) in [5.41, 5.74) is 6.48. The SMILES string of the molecule is CC(C)C(=NCNC(N)=S)C(C)C. The highest BCUT2D eigenvalue weighted by molar-refractivity contribution is 7.80. The van der Waals surface area contributed by atoms with Crippen LogP contribution >= 0.6 is 12.2 Å². The third-order valence-electron chi connectivity index (χ3n) is 1.70. The fourth-order valence-corrected chi connectivity index (χ4v) is 1.31. The normalized spacial score (nSPS) is 10.3. The van der Waals surface area contributed by atoms with Crippen molar-refractivity contribution in [3.8, 4) is 0 Å². The van der Waals surface area contributed by atoms with E-state index < -0.39 is 0 Å². The molecule has 3 N–H and O–H groups in total. The minimum absolute atomic E-state index is 0.301. The molecule has 0 aliphatic heterocycles. The Balaban J connectivity index is 4.13.